The zero-order valence-electron chi connectivity index (χ0n) is 14.0. The van der Waals surface area contributed by atoms with Crippen LogP contribution in [-0.2, 0) is 17.8 Å². The maximum atomic E-state index is 10.4. The van der Waals surface area contributed by atoms with Crippen LogP contribution in [-0.4, -0.2) is 36.9 Å². The molecule has 126 valence electrons. The summed E-state index contributed by atoms with van der Waals surface area (Å²) in [5, 5.41) is 12.5. The van der Waals surface area contributed by atoms with E-state index < -0.39 is 0 Å². The maximum Gasteiger partial charge on any atom is 0.162 e. The molecule has 1 heterocycles. The number of rotatable bonds is 9. The Morgan fingerprint density at radius 1 is 1.22 bits per heavy atom. The molecule has 2 rings (SSSR count). The predicted molar refractivity (Wildman–Crippen MR) is 94.3 cm³/mol. The summed E-state index contributed by atoms with van der Waals surface area (Å²) in [7, 11) is 1.71. The number of phenolic OH excluding ortho intramolecular Hbond substituents is 1. The highest BCUT2D eigenvalue weighted by atomic mass is 32.1. The van der Waals surface area contributed by atoms with E-state index in [4.69, 9.17) is 9.47 Å². The van der Waals surface area contributed by atoms with Gasteiger partial charge in [0.25, 0.3) is 0 Å². The molecule has 1 aromatic carbocycles. The van der Waals surface area contributed by atoms with Gasteiger partial charge in [0, 0.05) is 37.2 Å². The van der Waals surface area contributed by atoms with Gasteiger partial charge in [-0.05, 0) is 36.9 Å². The monoisotopic (exact) mass is 335 g/mol. The van der Waals surface area contributed by atoms with Gasteiger partial charge in [-0.25, -0.2) is 0 Å². The second kappa shape index (κ2) is 8.91. The third-order valence-corrected chi connectivity index (χ3v) is 4.73. The Morgan fingerprint density at radius 2 is 2.04 bits per heavy atom. The van der Waals surface area contributed by atoms with Crippen molar-refractivity contribution in [2.24, 2.45) is 0 Å². The van der Waals surface area contributed by atoms with Crippen molar-refractivity contribution in [1.29, 1.82) is 0 Å². The summed E-state index contributed by atoms with van der Waals surface area (Å²) in [5.74, 6) is 0.781. The Bertz CT molecular complexity index is 612. The first-order valence-electron chi connectivity index (χ1n) is 7.83. The van der Waals surface area contributed by atoms with E-state index in [1.807, 2.05) is 19.1 Å². The molecule has 1 aromatic heterocycles. The number of benzene rings is 1. The number of nitrogens with zero attached hydrogens (tertiary/aromatic N) is 1. The molecule has 0 fully saturated rings. The SMILES string of the molecule is CCOc1cccc(CN(CCOC)Cc2sccc2C)c1O. The van der Waals surface area contributed by atoms with Crippen molar-refractivity contribution in [3.8, 4) is 11.5 Å². The molecule has 0 aliphatic heterocycles. The van der Waals surface area contributed by atoms with Gasteiger partial charge in [-0.1, -0.05) is 12.1 Å². The van der Waals surface area contributed by atoms with E-state index >= 15 is 0 Å². The quantitative estimate of drug-likeness (QED) is 0.757. The Kier molecular flexibility index (Phi) is 6.89. The fraction of sp³-hybridized carbons (Fsp3) is 0.444. The van der Waals surface area contributed by atoms with Gasteiger partial charge < -0.3 is 14.6 Å². The van der Waals surface area contributed by atoms with Gasteiger partial charge in [-0.15, -0.1) is 11.3 Å². The molecule has 0 atom stereocenters. The maximum absolute atomic E-state index is 10.4. The molecule has 0 saturated heterocycles. The molecular weight excluding hydrogens is 310 g/mol. The number of hydrogen-bond donors (Lipinski definition) is 1. The normalized spacial score (nSPS) is 11.1. The van der Waals surface area contributed by atoms with E-state index in [1.54, 1.807) is 24.5 Å². The highest BCUT2D eigenvalue weighted by molar-refractivity contribution is 7.10. The molecule has 23 heavy (non-hydrogen) atoms. The van der Waals surface area contributed by atoms with Crippen molar-refractivity contribution >= 4 is 11.3 Å². The van der Waals surface area contributed by atoms with Crippen LogP contribution in [0.5, 0.6) is 11.5 Å². The average Bonchev–Trinajstić information content (AvgIpc) is 2.94. The molecule has 0 radical (unpaired) electrons. The number of aromatic hydroxyl groups is 1. The Morgan fingerprint density at radius 3 is 2.70 bits per heavy atom. The first-order valence-corrected chi connectivity index (χ1v) is 8.71. The zero-order chi connectivity index (χ0) is 16.7. The second-order valence-corrected chi connectivity index (χ2v) is 6.43. The van der Waals surface area contributed by atoms with Crippen molar-refractivity contribution in [1.82, 2.24) is 4.90 Å². The fourth-order valence-electron chi connectivity index (χ4n) is 2.41. The first-order chi connectivity index (χ1) is 11.2. The minimum absolute atomic E-state index is 0.236. The number of para-hydroxylation sites is 1. The smallest absolute Gasteiger partial charge is 0.162 e. The van der Waals surface area contributed by atoms with Crippen LogP contribution in [0.25, 0.3) is 0 Å². The van der Waals surface area contributed by atoms with E-state index in [9.17, 15) is 5.11 Å². The number of aryl methyl sites for hydroxylation is 1. The molecule has 0 bridgehead atoms. The molecule has 0 spiro atoms. The van der Waals surface area contributed by atoms with Crippen molar-refractivity contribution < 1.29 is 14.6 Å². The third-order valence-electron chi connectivity index (χ3n) is 3.72. The van der Waals surface area contributed by atoms with Crippen LogP contribution in [0.4, 0.5) is 0 Å². The van der Waals surface area contributed by atoms with Crippen LogP contribution in [0.1, 0.15) is 22.9 Å². The summed E-state index contributed by atoms with van der Waals surface area (Å²) in [6.45, 7) is 7.57. The molecule has 0 unspecified atom stereocenters. The lowest BCUT2D eigenvalue weighted by molar-refractivity contribution is 0.140. The summed E-state index contributed by atoms with van der Waals surface area (Å²) in [6, 6.07) is 7.80. The largest absolute Gasteiger partial charge is 0.504 e. The lowest BCUT2D eigenvalue weighted by Gasteiger charge is -2.23. The van der Waals surface area contributed by atoms with E-state index in [0.29, 0.717) is 25.5 Å². The Hall–Kier alpha value is -1.56. The number of hydrogen-bond acceptors (Lipinski definition) is 5. The van der Waals surface area contributed by atoms with E-state index in [-0.39, 0.29) is 5.75 Å². The van der Waals surface area contributed by atoms with Gasteiger partial charge in [-0.2, -0.15) is 0 Å². The van der Waals surface area contributed by atoms with Crippen LogP contribution in [0, 0.1) is 6.92 Å². The molecule has 1 N–H and O–H groups in total. The van der Waals surface area contributed by atoms with E-state index in [1.165, 1.54) is 10.4 Å². The number of ether oxygens (including phenoxy) is 2. The standard InChI is InChI=1S/C18H25NO3S/c1-4-22-16-7-5-6-15(18(16)20)12-19(9-10-21-3)13-17-14(2)8-11-23-17/h5-8,11,20H,4,9-10,12-13H2,1-3H3. The number of phenols is 1. The van der Waals surface area contributed by atoms with Crippen LogP contribution in [0.3, 0.4) is 0 Å². The zero-order valence-corrected chi connectivity index (χ0v) is 14.9. The highest BCUT2D eigenvalue weighted by Gasteiger charge is 2.14. The third kappa shape index (κ3) is 4.96. The summed E-state index contributed by atoms with van der Waals surface area (Å²) >= 11 is 1.77. The van der Waals surface area contributed by atoms with Gasteiger partial charge in [0.1, 0.15) is 0 Å². The topological polar surface area (TPSA) is 41.9 Å². The lowest BCUT2D eigenvalue weighted by atomic mass is 10.1. The van der Waals surface area contributed by atoms with Crippen molar-refractivity contribution in [3.63, 3.8) is 0 Å². The molecule has 0 saturated carbocycles. The Labute approximate surface area is 142 Å². The molecule has 0 aliphatic rings. The van der Waals surface area contributed by atoms with Gasteiger partial charge in [0.2, 0.25) is 0 Å². The minimum Gasteiger partial charge on any atom is -0.504 e. The summed E-state index contributed by atoms with van der Waals surface area (Å²) < 4.78 is 10.7. The van der Waals surface area contributed by atoms with Crippen LogP contribution < -0.4 is 4.74 Å². The predicted octanol–water partition coefficient (Wildman–Crippen LogP) is 3.81. The first kappa shape index (κ1) is 17.8. The second-order valence-electron chi connectivity index (χ2n) is 5.43. The van der Waals surface area contributed by atoms with Crippen LogP contribution >= 0.6 is 11.3 Å². The van der Waals surface area contributed by atoms with Gasteiger partial charge in [0.05, 0.1) is 13.2 Å². The van der Waals surface area contributed by atoms with Crippen molar-refractivity contribution in [2.75, 3.05) is 26.9 Å². The lowest BCUT2D eigenvalue weighted by Crippen LogP contribution is -2.26. The van der Waals surface area contributed by atoms with Crippen molar-refractivity contribution in [2.45, 2.75) is 26.9 Å². The Balaban J connectivity index is 2.14. The van der Waals surface area contributed by atoms with Crippen molar-refractivity contribution in [3.05, 3.63) is 45.6 Å². The minimum atomic E-state index is 0.236. The van der Waals surface area contributed by atoms with E-state index in [2.05, 4.69) is 23.3 Å². The molecule has 5 heteroatoms. The molecule has 2 aromatic rings. The fourth-order valence-corrected chi connectivity index (χ4v) is 3.36. The molecule has 0 amide bonds. The van der Waals surface area contributed by atoms with Gasteiger partial charge in [-0.3, -0.25) is 4.90 Å². The van der Waals surface area contributed by atoms with Crippen LogP contribution in [0.2, 0.25) is 0 Å². The molecular formula is C18H25NO3S. The van der Waals surface area contributed by atoms with E-state index in [0.717, 1.165) is 18.7 Å². The van der Waals surface area contributed by atoms with Gasteiger partial charge >= 0.3 is 0 Å². The summed E-state index contributed by atoms with van der Waals surface area (Å²) in [6.07, 6.45) is 0. The summed E-state index contributed by atoms with van der Waals surface area (Å²) in [5.41, 5.74) is 2.19. The molecule has 4 nitrogen and oxygen atoms in total. The average molecular weight is 335 g/mol. The molecule has 0 aliphatic carbocycles. The number of methoxy groups -OCH3 is 1. The highest BCUT2D eigenvalue weighted by Crippen LogP contribution is 2.31. The number of thiophene rings is 1. The van der Waals surface area contributed by atoms with Crippen LogP contribution in [0.15, 0.2) is 29.6 Å². The van der Waals surface area contributed by atoms with Gasteiger partial charge in [0.15, 0.2) is 11.5 Å². The summed E-state index contributed by atoms with van der Waals surface area (Å²) in [4.78, 5) is 3.63.